The van der Waals surface area contributed by atoms with Gasteiger partial charge in [-0.1, -0.05) is 0 Å². The summed E-state index contributed by atoms with van der Waals surface area (Å²) < 4.78 is 35.7. The summed E-state index contributed by atoms with van der Waals surface area (Å²) in [4.78, 5) is 12.3. The Morgan fingerprint density at radius 2 is 2.11 bits per heavy atom. The van der Waals surface area contributed by atoms with Crippen LogP contribution in [0, 0.1) is 13.8 Å². The zero-order valence-corrected chi connectivity index (χ0v) is 16.3. The molecule has 1 saturated heterocycles. The second kappa shape index (κ2) is 6.93. The van der Waals surface area contributed by atoms with Crippen LogP contribution >= 0.6 is 0 Å². The lowest BCUT2D eigenvalue weighted by atomic mass is 10.2. The Kier molecular flexibility index (Phi) is 4.58. The van der Waals surface area contributed by atoms with Gasteiger partial charge in [0, 0.05) is 16.8 Å². The maximum Gasteiger partial charge on any atom is 0.271 e. The van der Waals surface area contributed by atoms with Gasteiger partial charge in [0.25, 0.3) is 5.91 Å². The second-order valence-electron chi connectivity index (χ2n) is 6.85. The van der Waals surface area contributed by atoms with Crippen molar-refractivity contribution in [2.75, 3.05) is 18.3 Å². The molecule has 10 heteroatoms. The molecule has 2 aliphatic rings. The molecule has 1 atom stereocenters. The number of hydrogen-bond donors (Lipinski definition) is 1. The summed E-state index contributed by atoms with van der Waals surface area (Å²) in [5.74, 6) is 1.04. The molecule has 1 aromatic heterocycles. The van der Waals surface area contributed by atoms with Crippen molar-refractivity contribution >= 4 is 22.0 Å². The second-order valence-corrected chi connectivity index (χ2v) is 9.08. The Morgan fingerprint density at radius 3 is 2.86 bits per heavy atom. The molecule has 2 aliphatic heterocycles. The number of aryl methyl sites for hydroxylation is 1. The normalized spacial score (nSPS) is 20.0. The van der Waals surface area contributed by atoms with Crippen molar-refractivity contribution in [1.82, 2.24) is 15.2 Å². The summed E-state index contributed by atoms with van der Waals surface area (Å²) in [6.45, 7) is 3.84. The van der Waals surface area contributed by atoms with E-state index in [1.165, 1.54) is 6.21 Å². The Labute approximate surface area is 162 Å². The SMILES string of the molecule is Cc1nn([C@@H]2CCS(=O)(=O)C2)c(C)c1/C=N\NC(=O)c1ccc2c(c1)OCO2. The molecule has 3 heterocycles. The summed E-state index contributed by atoms with van der Waals surface area (Å²) >= 11 is 0. The average Bonchev–Trinajstić information content (AvgIpc) is 3.33. The first-order valence-electron chi connectivity index (χ1n) is 8.83. The molecule has 9 nitrogen and oxygen atoms in total. The molecule has 0 aliphatic carbocycles. The highest BCUT2D eigenvalue weighted by molar-refractivity contribution is 7.91. The van der Waals surface area contributed by atoms with Crippen LogP contribution in [0.25, 0.3) is 0 Å². The Bertz CT molecular complexity index is 1070. The van der Waals surface area contributed by atoms with E-state index in [-0.39, 0.29) is 30.2 Å². The predicted molar refractivity (Wildman–Crippen MR) is 102 cm³/mol. The van der Waals surface area contributed by atoms with Crippen molar-refractivity contribution in [1.29, 1.82) is 0 Å². The minimum Gasteiger partial charge on any atom is -0.454 e. The number of hydrazone groups is 1. The summed E-state index contributed by atoms with van der Waals surface area (Å²) in [6.07, 6.45) is 2.09. The van der Waals surface area contributed by atoms with Gasteiger partial charge in [-0.25, -0.2) is 13.8 Å². The molecule has 1 aromatic carbocycles. The van der Waals surface area contributed by atoms with Gasteiger partial charge in [0.05, 0.1) is 29.5 Å². The molecule has 28 heavy (non-hydrogen) atoms. The van der Waals surface area contributed by atoms with Gasteiger partial charge in [-0.3, -0.25) is 9.48 Å². The lowest BCUT2D eigenvalue weighted by Gasteiger charge is -2.10. The number of sulfone groups is 1. The zero-order chi connectivity index (χ0) is 19.9. The number of ether oxygens (including phenoxy) is 2. The zero-order valence-electron chi connectivity index (χ0n) is 15.5. The molecule has 148 valence electrons. The van der Waals surface area contributed by atoms with Gasteiger partial charge in [-0.15, -0.1) is 0 Å². The van der Waals surface area contributed by atoms with E-state index in [2.05, 4.69) is 15.6 Å². The summed E-state index contributed by atoms with van der Waals surface area (Å²) in [7, 11) is -3.00. The van der Waals surface area contributed by atoms with Crippen molar-refractivity contribution in [3.05, 3.63) is 40.7 Å². The minimum atomic E-state index is -3.00. The van der Waals surface area contributed by atoms with Crippen LogP contribution in [0.3, 0.4) is 0 Å². The van der Waals surface area contributed by atoms with Gasteiger partial charge in [0.15, 0.2) is 21.3 Å². The quantitative estimate of drug-likeness (QED) is 0.608. The molecule has 0 bridgehead atoms. The van der Waals surface area contributed by atoms with Crippen molar-refractivity contribution in [2.24, 2.45) is 5.10 Å². The van der Waals surface area contributed by atoms with E-state index in [4.69, 9.17) is 9.47 Å². The molecular weight excluding hydrogens is 384 g/mol. The number of aromatic nitrogens is 2. The van der Waals surface area contributed by atoms with Crippen molar-refractivity contribution < 1.29 is 22.7 Å². The third-order valence-corrected chi connectivity index (χ3v) is 6.68. The van der Waals surface area contributed by atoms with Crippen LogP contribution < -0.4 is 14.9 Å². The first-order chi connectivity index (χ1) is 13.3. The Morgan fingerprint density at radius 1 is 1.32 bits per heavy atom. The highest BCUT2D eigenvalue weighted by Gasteiger charge is 2.31. The fraction of sp³-hybridized carbons (Fsp3) is 0.389. The number of benzene rings is 1. The fourth-order valence-corrected chi connectivity index (χ4v) is 5.14. The van der Waals surface area contributed by atoms with E-state index in [1.54, 1.807) is 22.9 Å². The number of nitrogens with zero attached hydrogens (tertiary/aromatic N) is 3. The fourth-order valence-electron chi connectivity index (χ4n) is 3.44. The lowest BCUT2D eigenvalue weighted by Crippen LogP contribution is -2.17. The summed E-state index contributed by atoms with van der Waals surface area (Å²) in [6, 6.07) is 4.75. The smallest absolute Gasteiger partial charge is 0.271 e. The maximum absolute atomic E-state index is 12.3. The molecule has 0 radical (unpaired) electrons. The van der Waals surface area contributed by atoms with Crippen LogP contribution in [0.4, 0.5) is 0 Å². The van der Waals surface area contributed by atoms with Gasteiger partial charge in [0.2, 0.25) is 6.79 Å². The van der Waals surface area contributed by atoms with Crippen LogP contribution in [-0.2, 0) is 9.84 Å². The Hall–Kier alpha value is -2.88. The van der Waals surface area contributed by atoms with E-state index in [9.17, 15) is 13.2 Å². The number of carbonyl (C=O) groups excluding carboxylic acids is 1. The van der Waals surface area contributed by atoms with Gasteiger partial charge in [-0.2, -0.15) is 10.2 Å². The molecule has 4 rings (SSSR count). The molecule has 0 spiro atoms. The minimum absolute atomic E-state index is 0.104. The first-order valence-corrected chi connectivity index (χ1v) is 10.7. The molecule has 0 saturated carbocycles. The van der Waals surface area contributed by atoms with Crippen LogP contribution in [0.5, 0.6) is 11.5 Å². The van der Waals surface area contributed by atoms with Crippen LogP contribution in [-0.4, -0.2) is 48.6 Å². The van der Waals surface area contributed by atoms with Crippen LogP contribution in [0.15, 0.2) is 23.3 Å². The number of nitrogens with one attached hydrogen (secondary N) is 1. The third kappa shape index (κ3) is 3.47. The number of carbonyl (C=O) groups is 1. The molecule has 1 amide bonds. The van der Waals surface area contributed by atoms with Crippen molar-refractivity contribution in [2.45, 2.75) is 26.3 Å². The highest BCUT2D eigenvalue weighted by atomic mass is 32.2. The van der Waals surface area contributed by atoms with E-state index in [1.807, 2.05) is 13.8 Å². The van der Waals surface area contributed by atoms with Gasteiger partial charge in [-0.05, 0) is 38.5 Å². The lowest BCUT2D eigenvalue weighted by molar-refractivity contribution is 0.0954. The van der Waals surface area contributed by atoms with E-state index in [0.29, 0.717) is 23.5 Å². The van der Waals surface area contributed by atoms with E-state index in [0.717, 1.165) is 17.0 Å². The third-order valence-electron chi connectivity index (χ3n) is 4.93. The summed E-state index contributed by atoms with van der Waals surface area (Å²) in [5.41, 5.74) is 5.19. The average molecular weight is 404 g/mol. The maximum atomic E-state index is 12.3. The highest BCUT2D eigenvalue weighted by Crippen LogP contribution is 2.32. The summed E-state index contributed by atoms with van der Waals surface area (Å²) in [5, 5.41) is 8.50. The molecule has 1 fully saturated rings. The van der Waals surface area contributed by atoms with Gasteiger partial charge < -0.3 is 9.47 Å². The van der Waals surface area contributed by atoms with Gasteiger partial charge in [0.1, 0.15) is 0 Å². The van der Waals surface area contributed by atoms with Crippen LogP contribution in [0.1, 0.15) is 39.8 Å². The van der Waals surface area contributed by atoms with E-state index < -0.39 is 9.84 Å². The van der Waals surface area contributed by atoms with Crippen molar-refractivity contribution in [3.63, 3.8) is 0 Å². The number of rotatable bonds is 4. The van der Waals surface area contributed by atoms with Crippen molar-refractivity contribution in [3.8, 4) is 11.5 Å². The Balaban J connectivity index is 1.47. The molecule has 1 N–H and O–H groups in total. The number of hydrogen-bond acceptors (Lipinski definition) is 7. The van der Waals surface area contributed by atoms with Crippen LogP contribution in [0.2, 0.25) is 0 Å². The topological polar surface area (TPSA) is 112 Å². The van der Waals surface area contributed by atoms with E-state index >= 15 is 0 Å². The molecule has 2 aromatic rings. The molecule has 0 unspecified atom stereocenters. The van der Waals surface area contributed by atoms with Gasteiger partial charge >= 0.3 is 0 Å². The molecular formula is C18H20N4O5S. The number of amides is 1. The first kappa shape index (κ1) is 18.5. The predicted octanol–water partition coefficient (Wildman–Crippen LogP) is 1.35. The standard InChI is InChI=1S/C18H20N4O5S/c1-11-15(12(2)22(21-11)14-5-6-28(24,25)9-14)8-19-20-18(23)13-3-4-16-17(7-13)27-10-26-16/h3-4,7-8,14H,5-6,9-10H2,1-2H3,(H,20,23)/b19-8-/t14-/m1/s1. The number of fused-ring (bicyclic) bond motifs is 1. The largest absolute Gasteiger partial charge is 0.454 e. The monoisotopic (exact) mass is 404 g/mol.